The van der Waals surface area contributed by atoms with Crippen LogP contribution in [-0.2, 0) is 6.54 Å². The topological polar surface area (TPSA) is 49.6 Å². The molecule has 1 aliphatic heterocycles. The van der Waals surface area contributed by atoms with Crippen LogP contribution in [0.1, 0.15) is 48.0 Å². The Bertz CT molecular complexity index is 506. The predicted octanol–water partition coefficient (Wildman–Crippen LogP) is 2.91. The minimum absolute atomic E-state index is 0. The van der Waals surface area contributed by atoms with Gasteiger partial charge in [-0.15, -0.1) is 12.4 Å². The monoisotopic (exact) mass is 351 g/mol. The molecule has 0 unspecified atom stereocenters. The third kappa shape index (κ3) is 4.95. The van der Waals surface area contributed by atoms with Crippen molar-refractivity contribution in [2.75, 3.05) is 32.7 Å². The number of carbonyl (C=O) groups excluding carboxylic acids is 1. The summed E-state index contributed by atoms with van der Waals surface area (Å²) in [7, 11) is 0. The zero-order valence-corrected chi connectivity index (χ0v) is 15.3. The molecule has 134 valence electrons. The molecule has 2 N–H and O–H groups in total. The van der Waals surface area contributed by atoms with Crippen molar-refractivity contribution in [3.8, 4) is 0 Å². The van der Waals surface area contributed by atoms with E-state index in [1.54, 1.807) is 0 Å². The highest BCUT2D eigenvalue weighted by molar-refractivity contribution is 5.94. The Labute approximate surface area is 151 Å². The maximum Gasteiger partial charge on any atom is 0.253 e. The number of piperazine rings is 1. The lowest BCUT2D eigenvalue weighted by Crippen LogP contribution is -2.49. The number of amides is 1. The lowest BCUT2D eigenvalue weighted by Gasteiger charge is -2.37. The van der Waals surface area contributed by atoms with Crippen molar-refractivity contribution in [3.05, 3.63) is 35.4 Å². The van der Waals surface area contributed by atoms with Gasteiger partial charge >= 0.3 is 0 Å². The molecule has 1 saturated heterocycles. The molecular formula is C19H30ClN3O. The number of hydrogen-bond donors (Lipinski definition) is 1. The van der Waals surface area contributed by atoms with Crippen LogP contribution in [0.25, 0.3) is 0 Å². The Kier molecular flexibility index (Phi) is 7.53. The Morgan fingerprint density at radius 1 is 1.00 bits per heavy atom. The highest BCUT2D eigenvalue weighted by Crippen LogP contribution is 2.24. The molecule has 0 atom stereocenters. The SMILES string of the molecule is Cl.NCc1ccc(C(=O)N2CCN(CC3CCCCC3)CC2)cc1. The van der Waals surface area contributed by atoms with Gasteiger partial charge in [-0.1, -0.05) is 31.4 Å². The van der Waals surface area contributed by atoms with E-state index in [2.05, 4.69) is 4.90 Å². The summed E-state index contributed by atoms with van der Waals surface area (Å²) in [5.41, 5.74) is 7.46. The molecule has 0 spiro atoms. The van der Waals surface area contributed by atoms with Gasteiger partial charge < -0.3 is 10.6 Å². The molecule has 1 aromatic carbocycles. The first-order valence-electron chi connectivity index (χ1n) is 9.07. The molecule has 1 aromatic rings. The fraction of sp³-hybridized carbons (Fsp3) is 0.632. The number of nitrogens with two attached hydrogens (primary N) is 1. The van der Waals surface area contributed by atoms with Crippen molar-refractivity contribution in [1.29, 1.82) is 0 Å². The summed E-state index contributed by atoms with van der Waals surface area (Å²) in [6.07, 6.45) is 7.02. The predicted molar refractivity (Wildman–Crippen MR) is 100 cm³/mol. The number of benzene rings is 1. The van der Waals surface area contributed by atoms with Gasteiger partial charge in [-0.25, -0.2) is 0 Å². The van der Waals surface area contributed by atoms with E-state index in [0.29, 0.717) is 6.54 Å². The first-order chi connectivity index (χ1) is 11.3. The number of carbonyl (C=O) groups is 1. The summed E-state index contributed by atoms with van der Waals surface area (Å²) in [6, 6.07) is 7.71. The number of halogens is 1. The van der Waals surface area contributed by atoms with Crippen LogP contribution in [0.4, 0.5) is 0 Å². The van der Waals surface area contributed by atoms with Gasteiger partial charge in [-0.05, 0) is 36.5 Å². The summed E-state index contributed by atoms with van der Waals surface area (Å²) >= 11 is 0. The minimum atomic E-state index is 0. The third-order valence-electron chi connectivity index (χ3n) is 5.34. The van der Waals surface area contributed by atoms with Crippen molar-refractivity contribution < 1.29 is 4.79 Å². The van der Waals surface area contributed by atoms with Crippen molar-refractivity contribution >= 4 is 18.3 Å². The molecule has 24 heavy (non-hydrogen) atoms. The maximum atomic E-state index is 12.6. The van der Waals surface area contributed by atoms with Crippen LogP contribution in [0.15, 0.2) is 24.3 Å². The smallest absolute Gasteiger partial charge is 0.253 e. The minimum Gasteiger partial charge on any atom is -0.336 e. The van der Waals surface area contributed by atoms with E-state index in [9.17, 15) is 4.79 Å². The van der Waals surface area contributed by atoms with E-state index < -0.39 is 0 Å². The lowest BCUT2D eigenvalue weighted by molar-refractivity contribution is 0.0606. The number of hydrogen-bond acceptors (Lipinski definition) is 3. The Morgan fingerprint density at radius 3 is 2.21 bits per heavy atom. The first kappa shape index (κ1) is 19.2. The van der Waals surface area contributed by atoms with E-state index >= 15 is 0 Å². The fourth-order valence-corrected chi connectivity index (χ4v) is 3.83. The summed E-state index contributed by atoms with van der Waals surface area (Å²) < 4.78 is 0. The molecule has 1 aliphatic carbocycles. The van der Waals surface area contributed by atoms with Crippen LogP contribution >= 0.6 is 12.4 Å². The van der Waals surface area contributed by atoms with Crippen LogP contribution in [0.3, 0.4) is 0 Å². The quantitative estimate of drug-likeness (QED) is 0.907. The molecule has 1 saturated carbocycles. The van der Waals surface area contributed by atoms with E-state index in [4.69, 9.17) is 5.73 Å². The zero-order valence-electron chi connectivity index (χ0n) is 14.5. The van der Waals surface area contributed by atoms with Crippen molar-refractivity contribution in [2.24, 2.45) is 11.7 Å². The van der Waals surface area contributed by atoms with Crippen LogP contribution in [-0.4, -0.2) is 48.4 Å². The molecule has 2 aliphatic rings. The Hall–Kier alpha value is -1.10. The zero-order chi connectivity index (χ0) is 16.1. The fourth-order valence-electron chi connectivity index (χ4n) is 3.83. The molecular weight excluding hydrogens is 322 g/mol. The van der Waals surface area contributed by atoms with Crippen LogP contribution in [0.5, 0.6) is 0 Å². The maximum absolute atomic E-state index is 12.6. The summed E-state index contributed by atoms with van der Waals surface area (Å²) in [4.78, 5) is 17.1. The molecule has 2 fully saturated rings. The molecule has 1 amide bonds. The van der Waals surface area contributed by atoms with Crippen LogP contribution in [0, 0.1) is 5.92 Å². The lowest BCUT2D eigenvalue weighted by atomic mass is 9.89. The summed E-state index contributed by atoms with van der Waals surface area (Å²) in [5.74, 6) is 1.04. The molecule has 0 aromatic heterocycles. The first-order valence-corrected chi connectivity index (χ1v) is 9.07. The van der Waals surface area contributed by atoms with Gasteiger partial charge in [0, 0.05) is 44.8 Å². The standard InChI is InChI=1S/C19H29N3O.ClH/c20-14-16-6-8-18(9-7-16)19(23)22-12-10-21(11-13-22)15-17-4-2-1-3-5-17;/h6-9,17H,1-5,10-15,20H2;1H. The van der Waals surface area contributed by atoms with Crippen LogP contribution < -0.4 is 5.73 Å². The highest BCUT2D eigenvalue weighted by Gasteiger charge is 2.24. The third-order valence-corrected chi connectivity index (χ3v) is 5.34. The van der Waals surface area contributed by atoms with E-state index in [-0.39, 0.29) is 18.3 Å². The highest BCUT2D eigenvalue weighted by atomic mass is 35.5. The van der Waals surface area contributed by atoms with E-state index in [1.807, 2.05) is 29.2 Å². The van der Waals surface area contributed by atoms with Crippen LogP contribution in [0.2, 0.25) is 0 Å². The number of rotatable bonds is 4. The second kappa shape index (κ2) is 9.40. The Balaban J connectivity index is 0.00000208. The van der Waals surface area contributed by atoms with Crippen molar-refractivity contribution in [1.82, 2.24) is 9.80 Å². The number of nitrogens with zero attached hydrogens (tertiary/aromatic N) is 2. The second-order valence-electron chi connectivity index (χ2n) is 7.00. The Morgan fingerprint density at radius 2 is 1.62 bits per heavy atom. The largest absolute Gasteiger partial charge is 0.336 e. The van der Waals surface area contributed by atoms with Gasteiger partial charge in [-0.2, -0.15) is 0 Å². The molecule has 5 heteroatoms. The molecule has 0 bridgehead atoms. The summed E-state index contributed by atoms with van der Waals surface area (Å²) in [5, 5.41) is 0. The van der Waals surface area contributed by atoms with Gasteiger partial charge in [0.2, 0.25) is 0 Å². The van der Waals surface area contributed by atoms with Gasteiger partial charge in [0.15, 0.2) is 0 Å². The molecule has 4 nitrogen and oxygen atoms in total. The van der Waals surface area contributed by atoms with Gasteiger partial charge in [-0.3, -0.25) is 9.69 Å². The molecule has 0 radical (unpaired) electrons. The summed E-state index contributed by atoms with van der Waals surface area (Å²) in [6.45, 7) is 5.49. The van der Waals surface area contributed by atoms with E-state index in [0.717, 1.165) is 43.2 Å². The van der Waals surface area contributed by atoms with Crippen molar-refractivity contribution in [3.63, 3.8) is 0 Å². The second-order valence-corrected chi connectivity index (χ2v) is 7.00. The normalized spacial score (nSPS) is 19.8. The average Bonchev–Trinajstić information content (AvgIpc) is 2.63. The van der Waals surface area contributed by atoms with Gasteiger partial charge in [0.25, 0.3) is 5.91 Å². The van der Waals surface area contributed by atoms with Gasteiger partial charge in [0.1, 0.15) is 0 Å². The molecule has 1 heterocycles. The van der Waals surface area contributed by atoms with E-state index in [1.165, 1.54) is 38.6 Å². The molecule has 3 rings (SSSR count). The average molecular weight is 352 g/mol. The van der Waals surface area contributed by atoms with Gasteiger partial charge in [0.05, 0.1) is 0 Å². The van der Waals surface area contributed by atoms with Crippen molar-refractivity contribution in [2.45, 2.75) is 38.6 Å².